The van der Waals surface area contributed by atoms with E-state index in [2.05, 4.69) is 5.32 Å². The molecule has 10 heteroatoms. The first-order valence-corrected chi connectivity index (χ1v) is 8.64. The maximum Gasteiger partial charge on any atom is 0.416 e. The van der Waals surface area contributed by atoms with Gasteiger partial charge in [-0.05, 0) is 23.8 Å². The lowest BCUT2D eigenvalue weighted by Gasteiger charge is -2.16. The summed E-state index contributed by atoms with van der Waals surface area (Å²) in [6.45, 7) is 1.29. The number of hydrogen-bond donors (Lipinski definition) is 1. The first kappa shape index (κ1) is 20.3. The Balaban J connectivity index is 1.89. The first-order chi connectivity index (χ1) is 13.6. The summed E-state index contributed by atoms with van der Waals surface area (Å²) in [5, 5.41) is 14.1. The normalized spacial score (nSPS) is 17.0. The monoisotopic (exact) mass is 407 g/mol. The van der Waals surface area contributed by atoms with Crippen LogP contribution in [0.2, 0.25) is 0 Å². The standard InChI is InChI=1S/C19H16F3N3O4/c1-11-8-17(26)24(18(11)27)13-6-7-15(16(9-13)25(28)29)23-10-12-4-2-3-5-14(12)19(20,21)22/h2-7,9,11,23H,8,10H2,1H3/t11-/m1/s1. The molecule has 7 nitrogen and oxygen atoms in total. The number of amides is 2. The van der Waals surface area contributed by atoms with Gasteiger partial charge in [0.25, 0.3) is 5.69 Å². The highest BCUT2D eigenvalue weighted by molar-refractivity contribution is 6.21. The maximum absolute atomic E-state index is 13.1. The predicted octanol–water partition coefficient (Wildman–Crippen LogP) is 4.13. The molecule has 2 aromatic carbocycles. The molecule has 2 aromatic rings. The lowest BCUT2D eigenvalue weighted by Crippen LogP contribution is -2.30. The fourth-order valence-electron chi connectivity index (χ4n) is 3.16. The summed E-state index contributed by atoms with van der Waals surface area (Å²) in [5.41, 5.74) is -1.33. The van der Waals surface area contributed by atoms with Crippen LogP contribution in [0.15, 0.2) is 42.5 Å². The first-order valence-electron chi connectivity index (χ1n) is 8.64. The summed E-state index contributed by atoms with van der Waals surface area (Å²) in [4.78, 5) is 35.8. The van der Waals surface area contributed by atoms with Crippen LogP contribution in [0.3, 0.4) is 0 Å². The summed E-state index contributed by atoms with van der Waals surface area (Å²) < 4.78 is 39.3. The lowest BCUT2D eigenvalue weighted by atomic mass is 10.1. The summed E-state index contributed by atoms with van der Waals surface area (Å²) in [6, 6.07) is 8.58. The fraction of sp³-hybridized carbons (Fsp3) is 0.263. The van der Waals surface area contributed by atoms with Crippen LogP contribution < -0.4 is 10.2 Å². The number of halogens is 3. The predicted molar refractivity (Wildman–Crippen MR) is 98.1 cm³/mol. The van der Waals surface area contributed by atoms with E-state index in [0.717, 1.165) is 17.0 Å². The largest absolute Gasteiger partial charge is 0.416 e. The molecule has 1 heterocycles. The Morgan fingerprint density at radius 2 is 1.90 bits per heavy atom. The number of imide groups is 1. The molecule has 2 amide bonds. The van der Waals surface area contributed by atoms with Gasteiger partial charge in [-0.2, -0.15) is 13.2 Å². The Labute approximate surface area is 163 Å². The smallest absolute Gasteiger partial charge is 0.375 e. The zero-order valence-corrected chi connectivity index (χ0v) is 15.2. The number of nitrogens with one attached hydrogen (secondary N) is 1. The van der Waals surface area contributed by atoms with Crippen molar-refractivity contribution in [1.82, 2.24) is 0 Å². The summed E-state index contributed by atoms with van der Waals surface area (Å²) in [7, 11) is 0. The van der Waals surface area contributed by atoms with Crippen LogP contribution in [0.25, 0.3) is 0 Å². The average molecular weight is 407 g/mol. The molecule has 29 heavy (non-hydrogen) atoms. The van der Waals surface area contributed by atoms with E-state index in [-0.39, 0.29) is 29.9 Å². The van der Waals surface area contributed by atoms with E-state index in [9.17, 15) is 32.9 Å². The molecule has 0 saturated carbocycles. The molecule has 152 valence electrons. The van der Waals surface area contributed by atoms with Crippen molar-refractivity contribution in [1.29, 1.82) is 0 Å². The number of hydrogen-bond acceptors (Lipinski definition) is 5. The second kappa shape index (κ2) is 7.53. The van der Waals surface area contributed by atoms with Gasteiger partial charge in [0.2, 0.25) is 11.8 Å². The van der Waals surface area contributed by atoms with Crippen molar-refractivity contribution in [2.24, 2.45) is 5.92 Å². The molecule has 0 aliphatic carbocycles. The summed E-state index contributed by atoms with van der Waals surface area (Å²) in [5.74, 6) is -1.43. The maximum atomic E-state index is 13.1. The molecule has 1 atom stereocenters. The molecule has 1 N–H and O–H groups in total. The highest BCUT2D eigenvalue weighted by atomic mass is 19.4. The van der Waals surface area contributed by atoms with Gasteiger partial charge in [-0.15, -0.1) is 0 Å². The van der Waals surface area contributed by atoms with E-state index in [4.69, 9.17) is 0 Å². The molecular weight excluding hydrogens is 391 g/mol. The van der Waals surface area contributed by atoms with Gasteiger partial charge < -0.3 is 5.32 Å². The molecule has 0 aromatic heterocycles. The van der Waals surface area contributed by atoms with Gasteiger partial charge in [-0.1, -0.05) is 25.1 Å². The minimum absolute atomic E-state index is 0.0147. The topological polar surface area (TPSA) is 92.6 Å². The van der Waals surface area contributed by atoms with Crippen molar-refractivity contribution in [3.8, 4) is 0 Å². The Kier molecular flexibility index (Phi) is 5.27. The number of carbonyl (C=O) groups is 2. The van der Waals surface area contributed by atoms with E-state index in [1.54, 1.807) is 6.92 Å². The van der Waals surface area contributed by atoms with E-state index in [1.807, 2.05) is 0 Å². The van der Waals surface area contributed by atoms with Crippen LogP contribution in [0, 0.1) is 16.0 Å². The quantitative estimate of drug-likeness (QED) is 0.457. The fourth-order valence-corrected chi connectivity index (χ4v) is 3.16. The minimum Gasteiger partial charge on any atom is -0.375 e. The van der Waals surface area contributed by atoms with Crippen molar-refractivity contribution >= 4 is 28.9 Å². The van der Waals surface area contributed by atoms with Crippen LogP contribution in [0.5, 0.6) is 0 Å². The molecule has 1 fully saturated rings. The molecule has 0 radical (unpaired) electrons. The second-order valence-electron chi connectivity index (χ2n) is 6.64. The van der Waals surface area contributed by atoms with Crippen molar-refractivity contribution in [2.45, 2.75) is 26.1 Å². The van der Waals surface area contributed by atoms with E-state index in [0.29, 0.717) is 0 Å². The van der Waals surface area contributed by atoms with Gasteiger partial charge in [-0.25, -0.2) is 0 Å². The molecular formula is C19H16F3N3O4. The Morgan fingerprint density at radius 1 is 1.21 bits per heavy atom. The highest BCUT2D eigenvalue weighted by Gasteiger charge is 2.37. The van der Waals surface area contributed by atoms with Crippen LogP contribution in [0.1, 0.15) is 24.5 Å². The van der Waals surface area contributed by atoms with Crippen molar-refractivity contribution in [3.63, 3.8) is 0 Å². The van der Waals surface area contributed by atoms with E-state index < -0.39 is 40.1 Å². The second-order valence-corrected chi connectivity index (χ2v) is 6.64. The molecule has 0 bridgehead atoms. The molecule has 0 spiro atoms. The number of anilines is 2. The van der Waals surface area contributed by atoms with E-state index in [1.165, 1.54) is 30.3 Å². The van der Waals surface area contributed by atoms with Crippen molar-refractivity contribution in [3.05, 3.63) is 63.7 Å². The Bertz CT molecular complexity index is 991. The minimum atomic E-state index is -4.55. The molecule has 1 saturated heterocycles. The van der Waals surface area contributed by atoms with Gasteiger partial charge in [0.1, 0.15) is 5.69 Å². The van der Waals surface area contributed by atoms with Crippen LogP contribution in [-0.4, -0.2) is 16.7 Å². The number of alkyl halides is 3. The Hall–Kier alpha value is -3.43. The van der Waals surface area contributed by atoms with Crippen LogP contribution in [-0.2, 0) is 22.3 Å². The molecule has 0 unspecified atom stereocenters. The van der Waals surface area contributed by atoms with Gasteiger partial charge in [0.15, 0.2) is 0 Å². The van der Waals surface area contributed by atoms with Gasteiger partial charge >= 0.3 is 6.18 Å². The number of nitro benzene ring substituents is 1. The van der Waals surface area contributed by atoms with Crippen molar-refractivity contribution in [2.75, 3.05) is 10.2 Å². The number of rotatable bonds is 5. The summed E-state index contributed by atoms with van der Waals surface area (Å²) in [6.07, 6.45) is -4.54. The van der Waals surface area contributed by atoms with Gasteiger partial charge in [0.05, 0.1) is 16.2 Å². The average Bonchev–Trinajstić information content (AvgIpc) is 2.91. The van der Waals surface area contributed by atoms with Crippen molar-refractivity contribution < 1.29 is 27.7 Å². The highest BCUT2D eigenvalue weighted by Crippen LogP contribution is 2.35. The van der Waals surface area contributed by atoms with Gasteiger partial charge in [0, 0.05) is 24.9 Å². The van der Waals surface area contributed by atoms with Gasteiger partial charge in [-0.3, -0.25) is 24.6 Å². The zero-order chi connectivity index (χ0) is 21.3. The molecule has 3 rings (SSSR count). The summed E-state index contributed by atoms with van der Waals surface area (Å²) >= 11 is 0. The third kappa shape index (κ3) is 4.05. The Morgan fingerprint density at radius 3 is 2.48 bits per heavy atom. The van der Waals surface area contributed by atoms with Crippen LogP contribution >= 0.6 is 0 Å². The molecule has 1 aliphatic heterocycles. The molecule has 1 aliphatic rings. The third-order valence-electron chi connectivity index (χ3n) is 4.60. The zero-order valence-electron chi connectivity index (χ0n) is 15.2. The third-order valence-corrected chi connectivity index (χ3v) is 4.60. The van der Waals surface area contributed by atoms with E-state index >= 15 is 0 Å². The number of benzene rings is 2. The number of nitrogens with zero attached hydrogens (tertiary/aromatic N) is 2. The SMILES string of the molecule is C[C@@H]1CC(=O)N(c2ccc(NCc3ccccc3C(F)(F)F)c([N+](=O)[O-])c2)C1=O. The number of nitro groups is 1. The van der Waals surface area contributed by atoms with Crippen LogP contribution in [0.4, 0.5) is 30.2 Å². The number of carbonyl (C=O) groups excluding carboxylic acids is 2. The lowest BCUT2D eigenvalue weighted by molar-refractivity contribution is -0.383.